The Bertz CT molecular complexity index is 615. The molecule has 2 aromatic rings. The fourth-order valence-corrected chi connectivity index (χ4v) is 2.69. The molecule has 25 heavy (non-hydrogen) atoms. The lowest BCUT2D eigenvalue weighted by atomic mass is 9.97. The number of likely N-dealkylation sites (N-methyl/N-ethyl adjacent to an activating group) is 1. The minimum atomic E-state index is -0.497. The predicted molar refractivity (Wildman–Crippen MR) is 102 cm³/mol. The molecule has 0 aliphatic rings. The van der Waals surface area contributed by atoms with Crippen LogP contribution in [0.15, 0.2) is 48.8 Å². The van der Waals surface area contributed by atoms with Gasteiger partial charge in [-0.05, 0) is 55.9 Å². The van der Waals surface area contributed by atoms with Gasteiger partial charge in [-0.15, -0.1) is 0 Å². The summed E-state index contributed by atoms with van der Waals surface area (Å²) in [6, 6.07) is 12.1. The predicted octanol–water partition coefficient (Wildman–Crippen LogP) is 3.19. The summed E-state index contributed by atoms with van der Waals surface area (Å²) in [6.07, 6.45) is 3.20. The first-order valence-electron chi connectivity index (χ1n) is 8.68. The van der Waals surface area contributed by atoms with Crippen LogP contribution >= 0.6 is 0 Å². The number of ether oxygens (including phenoxy) is 1. The monoisotopic (exact) mass is 343 g/mol. The van der Waals surface area contributed by atoms with Crippen LogP contribution < -0.4 is 10.1 Å². The molecule has 2 unspecified atom stereocenters. The van der Waals surface area contributed by atoms with Crippen LogP contribution in [0.1, 0.15) is 25.5 Å². The molecule has 5 heteroatoms. The molecule has 1 heterocycles. The zero-order valence-electron chi connectivity index (χ0n) is 15.5. The van der Waals surface area contributed by atoms with Crippen molar-refractivity contribution in [3.8, 4) is 5.75 Å². The summed E-state index contributed by atoms with van der Waals surface area (Å²) in [5, 5.41) is 13.4. The van der Waals surface area contributed by atoms with Crippen molar-refractivity contribution in [1.29, 1.82) is 0 Å². The number of nitrogens with one attached hydrogen (secondary N) is 1. The number of benzene rings is 1. The lowest BCUT2D eigenvalue weighted by Gasteiger charge is -2.24. The minimum Gasteiger partial charge on any atom is -0.491 e. The molecule has 2 N–H and O–H groups in total. The summed E-state index contributed by atoms with van der Waals surface area (Å²) in [5.41, 5.74) is 2.20. The van der Waals surface area contributed by atoms with E-state index in [1.165, 1.54) is 5.56 Å². The van der Waals surface area contributed by atoms with Crippen LogP contribution in [-0.2, 0) is 0 Å². The maximum atomic E-state index is 9.86. The van der Waals surface area contributed by atoms with E-state index in [9.17, 15) is 5.11 Å². The van der Waals surface area contributed by atoms with E-state index in [1.807, 2.05) is 55.5 Å². The lowest BCUT2D eigenvalue weighted by molar-refractivity contribution is 0.0831. The molecule has 1 aromatic heterocycles. The summed E-state index contributed by atoms with van der Waals surface area (Å²) < 4.78 is 5.65. The number of aromatic nitrogens is 1. The highest BCUT2D eigenvalue weighted by atomic mass is 16.5. The standard InChI is InChI=1S/C20H29N3O2/c1-15(2)20(16-6-5-11-21-12-16)22-17-7-9-19(10-8-17)25-14-18(24)13-23(3)4/h5-12,15,18,20,22,24H,13-14H2,1-4H3. The molecule has 0 aliphatic carbocycles. The van der Waals surface area contributed by atoms with E-state index in [2.05, 4.69) is 30.2 Å². The third-order valence-corrected chi connectivity index (χ3v) is 3.90. The Balaban J connectivity index is 1.94. The first-order valence-corrected chi connectivity index (χ1v) is 8.68. The zero-order valence-corrected chi connectivity index (χ0v) is 15.5. The van der Waals surface area contributed by atoms with E-state index in [4.69, 9.17) is 4.74 Å². The Hall–Kier alpha value is -2.11. The molecule has 136 valence electrons. The molecule has 2 rings (SSSR count). The van der Waals surface area contributed by atoms with Crippen LogP contribution in [0.4, 0.5) is 5.69 Å². The average molecular weight is 343 g/mol. The van der Waals surface area contributed by atoms with Crippen LogP contribution in [-0.4, -0.2) is 48.3 Å². The highest BCUT2D eigenvalue weighted by Gasteiger charge is 2.15. The van der Waals surface area contributed by atoms with Gasteiger partial charge in [-0.3, -0.25) is 4.98 Å². The molecular weight excluding hydrogens is 314 g/mol. The second-order valence-corrected chi connectivity index (χ2v) is 6.90. The molecule has 0 saturated heterocycles. The van der Waals surface area contributed by atoms with Crippen molar-refractivity contribution in [2.75, 3.05) is 32.6 Å². The van der Waals surface area contributed by atoms with Crippen molar-refractivity contribution in [3.63, 3.8) is 0 Å². The van der Waals surface area contributed by atoms with Crippen molar-refractivity contribution in [1.82, 2.24) is 9.88 Å². The molecule has 0 aliphatic heterocycles. The Morgan fingerprint density at radius 1 is 1.16 bits per heavy atom. The number of nitrogens with zero attached hydrogens (tertiary/aromatic N) is 2. The topological polar surface area (TPSA) is 57.6 Å². The molecule has 1 aromatic carbocycles. The van der Waals surface area contributed by atoms with Gasteiger partial charge in [0.15, 0.2) is 0 Å². The van der Waals surface area contributed by atoms with Crippen molar-refractivity contribution in [2.24, 2.45) is 5.92 Å². The number of anilines is 1. The Kier molecular flexibility index (Phi) is 7.22. The van der Waals surface area contributed by atoms with E-state index in [0.29, 0.717) is 12.5 Å². The van der Waals surface area contributed by atoms with Gasteiger partial charge in [0, 0.05) is 24.6 Å². The maximum absolute atomic E-state index is 9.86. The number of aliphatic hydroxyl groups excluding tert-OH is 1. The second kappa shape index (κ2) is 9.39. The van der Waals surface area contributed by atoms with Gasteiger partial charge in [0.05, 0.1) is 6.04 Å². The molecule has 0 spiro atoms. The molecule has 2 atom stereocenters. The molecule has 0 radical (unpaired) electrons. The van der Waals surface area contributed by atoms with E-state index in [-0.39, 0.29) is 12.6 Å². The SMILES string of the molecule is CC(C)C(Nc1ccc(OCC(O)CN(C)C)cc1)c1cccnc1. The average Bonchev–Trinajstić information content (AvgIpc) is 2.59. The van der Waals surface area contributed by atoms with E-state index >= 15 is 0 Å². The Labute approximate surface area is 150 Å². The highest BCUT2D eigenvalue weighted by molar-refractivity contribution is 5.48. The number of pyridine rings is 1. The van der Waals surface area contributed by atoms with Crippen LogP contribution in [0.3, 0.4) is 0 Å². The molecule has 0 fully saturated rings. The van der Waals surface area contributed by atoms with Crippen molar-refractivity contribution in [2.45, 2.75) is 26.0 Å². The quantitative estimate of drug-likeness (QED) is 0.732. The minimum absolute atomic E-state index is 0.197. The number of hydrogen-bond acceptors (Lipinski definition) is 5. The maximum Gasteiger partial charge on any atom is 0.119 e. The largest absolute Gasteiger partial charge is 0.491 e. The third kappa shape index (κ3) is 6.36. The summed E-state index contributed by atoms with van der Waals surface area (Å²) in [6.45, 7) is 5.25. The van der Waals surface area contributed by atoms with Crippen molar-refractivity contribution < 1.29 is 9.84 Å². The van der Waals surface area contributed by atoms with Crippen LogP contribution in [0.25, 0.3) is 0 Å². The smallest absolute Gasteiger partial charge is 0.119 e. The third-order valence-electron chi connectivity index (χ3n) is 3.90. The van der Waals surface area contributed by atoms with Crippen LogP contribution in [0.2, 0.25) is 0 Å². The summed E-state index contributed by atoms with van der Waals surface area (Å²) in [5.74, 6) is 1.19. The fourth-order valence-electron chi connectivity index (χ4n) is 2.69. The molecular formula is C20H29N3O2. The summed E-state index contributed by atoms with van der Waals surface area (Å²) >= 11 is 0. The van der Waals surface area contributed by atoms with Gasteiger partial charge < -0.3 is 20.1 Å². The normalized spacial score (nSPS) is 13.7. The van der Waals surface area contributed by atoms with Crippen molar-refractivity contribution >= 4 is 5.69 Å². The van der Waals surface area contributed by atoms with E-state index < -0.39 is 6.10 Å². The zero-order chi connectivity index (χ0) is 18.2. The number of aliphatic hydroxyl groups is 1. The van der Waals surface area contributed by atoms with Gasteiger partial charge in [0.1, 0.15) is 18.5 Å². The number of hydrogen-bond donors (Lipinski definition) is 2. The van der Waals surface area contributed by atoms with Gasteiger partial charge in [0.25, 0.3) is 0 Å². The van der Waals surface area contributed by atoms with E-state index in [0.717, 1.165) is 11.4 Å². The summed E-state index contributed by atoms with van der Waals surface area (Å²) in [7, 11) is 3.86. The molecule has 5 nitrogen and oxygen atoms in total. The highest BCUT2D eigenvalue weighted by Crippen LogP contribution is 2.27. The van der Waals surface area contributed by atoms with Gasteiger partial charge in [-0.25, -0.2) is 0 Å². The van der Waals surface area contributed by atoms with Gasteiger partial charge >= 0.3 is 0 Å². The summed E-state index contributed by atoms with van der Waals surface area (Å²) in [4.78, 5) is 6.15. The van der Waals surface area contributed by atoms with Crippen molar-refractivity contribution in [3.05, 3.63) is 54.4 Å². The lowest BCUT2D eigenvalue weighted by Crippen LogP contribution is -2.30. The Morgan fingerprint density at radius 2 is 1.88 bits per heavy atom. The molecule has 0 amide bonds. The second-order valence-electron chi connectivity index (χ2n) is 6.90. The molecule has 0 saturated carbocycles. The van der Waals surface area contributed by atoms with Gasteiger partial charge in [-0.2, -0.15) is 0 Å². The first kappa shape index (κ1) is 19.2. The number of rotatable bonds is 9. The van der Waals surface area contributed by atoms with E-state index in [1.54, 1.807) is 6.20 Å². The Morgan fingerprint density at radius 3 is 2.44 bits per heavy atom. The fraction of sp³-hybridized carbons (Fsp3) is 0.450. The van der Waals surface area contributed by atoms with Gasteiger partial charge in [0.2, 0.25) is 0 Å². The molecule has 0 bridgehead atoms. The van der Waals surface area contributed by atoms with Gasteiger partial charge in [-0.1, -0.05) is 19.9 Å². The van der Waals surface area contributed by atoms with Crippen LogP contribution in [0, 0.1) is 5.92 Å². The van der Waals surface area contributed by atoms with Crippen LogP contribution in [0.5, 0.6) is 5.75 Å². The first-order chi connectivity index (χ1) is 12.0.